The van der Waals surface area contributed by atoms with Gasteiger partial charge in [-0.1, -0.05) is 18.2 Å². The van der Waals surface area contributed by atoms with E-state index in [0.29, 0.717) is 16.8 Å². The zero-order valence-electron chi connectivity index (χ0n) is 15.3. The average Bonchev–Trinajstić information content (AvgIpc) is 3.27. The molecule has 0 amide bonds. The first-order chi connectivity index (χ1) is 13.1. The molecule has 0 bridgehead atoms. The zero-order chi connectivity index (χ0) is 19.0. The van der Waals surface area contributed by atoms with Gasteiger partial charge in [0, 0.05) is 24.1 Å². The second-order valence-electron chi connectivity index (χ2n) is 6.92. The second kappa shape index (κ2) is 7.04. The van der Waals surface area contributed by atoms with E-state index in [0.717, 1.165) is 11.4 Å². The number of hydrogen-bond acceptors (Lipinski definition) is 3. The quantitative estimate of drug-likeness (QED) is 0.661. The molecule has 3 aromatic rings. The van der Waals surface area contributed by atoms with Gasteiger partial charge in [-0.15, -0.1) is 0 Å². The number of aromatic hydroxyl groups is 1. The lowest BCUT2D eigenvalue weighted by Crippen LogP contribution is -2.30. The summed E-state index contributed by atoms with van der Waals surface area (Å²) in [5, 5.41) is 14.5. The van der Waals surface area contributed by atoms with Crippen LogP contribution in [0.2, 0.25) is 0 Å². The number of thiocarbonyl (C=S) groups is 1. The number of aromatic nitrogens is 2. The Morgan fingerprint density at radius 1 is 1.07 bits per heavy atom. The summed E-state index contributed by atoms with van der Waals surface area (Å²) < 4.78 is 2.24. The molecule has 1 aromatic carbocycles. The smallest absolute Gasteiger partial charge is 0.174 e. The van der Waals surface area contributed by atoms with Gasteiger partial charge in [0.1, 0.15) is 11.8 Å². The van der Waals surface area contributed by atoms with Crippen LogP contribution < -0.4 is 10.2 Å². The molecule has 3 heterocycles. The number of nitrogens with zero attached hydrogens (tertiary/aromatic N) is 3. The van der Waals surface area contributed by atoms with Gasteiger partial charge < -0.3 is 19.9 Å². The molecule has 0 aliphatic carbocycles. The van der Waals surface area contributed by atoms with Crippen LogP contribution in [0.25, 0.3) is 0 Å². The number of benzene rings is 1. The van der Waals surface area contributed by atoms with Gasteiger partial charge in [-0.05, 0) is 62.5 Å². The van der Waals surface area contributed by atoms with Gasteiger partial charge >= 0.3 is 0 Å². The van der Waals surface area contributed by atoms with E-state index in [4.69, 9.17) is 12.2 Å². The Hall–Kier alpha value is -2.86. The monoisotopic (exact) mass is 378 g/mol. The normalized spacial score (nSPS) is 19.5. The summed E-state index contributed by atoms with van der Waals surface area (Å²) in [5.41, 5.74) is 2.73. The molecular formula is C21H22N4OS. The van der Waals surface area contributed by atoms with Gasteiger partial charge in [0.2, 0.25) is 0 Å². The Labute approximate surface area is 164 Å². The van der Waals surface area contributed by atoms with Crippen molar-refractivity contribution < 1.29 is 5.11 Å². The molecule has 1 fully saturated rings. The van der Waals surface area contributed by atoms with E-state index in [1.807, 2.05) is 41.3 Å². The lowest BCUT2D eigenvalue weighted by molar-refractivity contribution is 0.467. The van der Waals surface area contributed by atoms with Crippen molar-refractivity contribution in [2.45, 2.75) is 32.0 Å². The van der Waals surface area contributed by atoms with Crippen LogP contribution in [0.4, 0.5) is 5.69 Å². The predicted octanol–water partition coefficient (Wildman–Crippen LogP) is 4.35. The summed E-state index contributed by atoms with van der Waals surface area (Å²) in [6.07, 6.45) is 3.88. The molecule has 6 heteroatoms. The Morgan fingerprint density at radius 3 is 2.56 bits per heavy atom. The van der Waals surface area contributed by atoms with Crippen molar-refractivity contribution >= 4 is 23.0 Å². The van der Waals surface area contributed by atoms with Crippen LogP contribution in [0, 0.1) is 0 Å². The summed E-state index contributed by atoms with van der Waals surface area (Å²) in [6.45, 7) is 4.31. The molecule has 1 aliphatic rings. The van der Waals surface area contributed by atoms with E-state index in [-0.39, 0.29) is 17.8 Å². The number of hydrogen-bond donors (Lipinski definition) is 2. The first-order valence-corrected chi connectivity index (χ1v) is 9.44. The Bertz CT molecular complexity index is 954. The van der Waals surface area contributed by atoms with Gasteiger partial charge in [-0.2, -0.15) is 0 Å². The van der Waals surface area contributed by atoms with E-state index in [2.05, 4.69) is 47.0 Å². The van der Waals surface area contributed by atoms with Crippen LogP contribution in [-0.4, -0.2) is 19.8 Å². The van der Waals surface area contributed by atoms with Gasteiger partial charge in [0.15, 0.2) is 5.11 Å². The third-order valence-corrected chi connectivity index (χ3v) is 5.23. The van der Waals surface area contributed by atoms with Crippen molar-refractivity contribution in [2.75, 3.05) is 4.90 Å². The van der Waals surface area contributed by atoms with Crippen LogP contribution in [0.15, 0.2) is 67.0 Å². The fourth-order valence-corrected chi connectivity index (χ4v) is 4.05. The number of pyridine rings is 1. The molecule has 5 nitrogen and oxygen atoms in total. The largest absolute Gasteiger partial charge is 0.506 e. The molecule has 2 aromatic heterocycles. The van der Waals surface area contributed by atoms with E-state index < -0.39 is 0 Å². The number of anilines is 1. The van der Waals surface area contributed by atoms with Crippen LogP contribution in [0.5, 0.6) is 5.75 Å². The Balaban J connectivity index is 1.88. The summed E-state index contributed by atoms with van der Waals surface area (Å²) in [6, 6.07) is 17.4. The number of rotatable bonds is 4. The first-order valence-electron chi connectivity index (χ1n) is 9.03. The standard InChI is InChI=1S/C21H22N4OS/c1-14(2)24-13-7-10-17(24)20-19(15-8-5-6-12-22-15)23-21(27)25(20)16-9-3-4-11-18(16)26/h3-14,19-20,26H,1-2H3,(H,23,27)/t19-,20+/m1/s1. The zero-order valence-corrected chi connectivity index (χ0v) is 16.1. The molecule has 2 N–H and O–H groups in total. The minimum atomic E-state index is -0.127. The fraction of sp³-hybridized carbons (Fsp3) is 0.238. The van der Waals surface area contributed by atoms with Crippen LogP contribution in [0.3, 0.4) is 0 Å². The first kappa shape index (κ1) is 17.5. The number of phenolic OH excluding ortho intramolecular Hbond substituents is 1. The summed E-state index contributed by atoms with van der Waals surface area (Å²) >= 11 is 5.69. The molecule has 1 saturated heterocycles. The predicted molar refractivity (Wildman–Crippen MR) is 111 cm³/mol. The highest BCUT2D eigenvalue weighted by Gasteiger charge is 2.42. The minimum Gasteiger partial charge on any atom is -0.506 e. The maximum atomic E-state index is 10.5. The Morgan fingerprint density at radius 2 is 1.85 bits per heavy atom. The topological polar surface area (TPSA) is 53.3 Å². The van der Waals surface area contributed by atoms with Gasteiger partial charge in [-0.25, -0.2) is 0 Å². The van der Waals surface area contributed by atoms with E-state index in [1.165, 1.54) is 0 Å². The van der Waals surface area contributed by atoms with Crippen LogP contribution >= 0.6 is 12.2 Å². The van der Waals surface area contributed by atoms with Gasteiger partial charge in [0.05, 0.1) is 17.4 Å². The van der Waals surface area contributed by atoms with Crippen molar-refractivity contribution in [1.82, 2.24) is 14.9 Å². The van der Waals surface area contributed by atoms with Crippen molar-refractivity contribution in [3.63, 3.8) is 0 Å². The lowest BCUT2D eigenvalue weighted by Gasteiger charge is -2.30. The van der Waals surface area contributed by atoms with Crippen LogP contribution in [-0.2, 0) is 0 Å². The van der Waals surface area contributed by atoms with Crippen molar-refractivity contribution in [3.05, 3.63) is 78.4 Å². The van der Waals surface area contributed by atoms with Crippen molar-refractivity contribution in [2.24, 2.45) is 0 Å². The maximum absolute atomic E-state index is 10.5. The molecule has 2 atom stereocenters. The summed E-state index contributed by atoms with van der Waals surface area (Å²) in [4.78, 5) is 6.56. The molecular weight excluding hydrogens is 356 g/mol. The molecule has 0 radical (unpaired) electrons. The highest BCUT2D eigenvalue weighted by molar-refractivity contribution is 7.80. The molecule has 138 valence electrons. The van der Waals surface area contributed by atoms with Crippen molar-refractivity contribution in [1.29, 1.82) is 0 Å². The maximum Gasteiger partial charge on any atom is 0.174 e. The highest BCUT2D eigenvalue weighted by atomic mass is 32.1. The minimum absolute atomic E-state index is 0.120. The summed E-state index contributed by atoms with van der Waals surface area (Å²) in [7, 11) is 0. The van der Waals surface area contributed by atoms with Crippen LogP contribution in [0.1, 0.15) is 43.4 Å². The van der Waals surface area contributed by atoms with Gasteiger partial charge in [-0.3, -0.25) is 4.98 Å². The number of nitrogens with one attached hydrogen (secondary N) is 1. The SMILES string of the molecule is CC(C)n1cccc1[C@H]1[C@@H](c2ccccn2)NC(=S)N1c1ccccc1O. The van der Waals surface area contributed by atoms with Crippen molar-refractivity contribution in [3.8, 4) is 5.75 Å². The third-order valence-electron chi connectivity index (χ3n) is 4.91. The second-order valence-corrected chi connectivity index (χ2v) is 7.31. The number of para-hydroxylation sites is 2. The molecule has 0 saturated carbocycles. The molecule has 27 heavy (non-hydrogen) atoms. The third kappa shape index (κ3) is 3.06. The van der Waals surface area contributed by atoms with E-state index >= 15 is 0 Å². The fourth-order valence-electron chi connectivity index (χ4n) is 3.71. The molecule has 0 spiro atoms. The summed E-state index contributed by atoms with van der Waals surface area (Å²) in [5.74, 6) is 0.205. The Kier molecular flexibility index (Phi) is 4.58. The van der Waals surface area contributed by atoms with E-state index in [1.54, 1.807) is 12.3 Å². The average molecular weight is 379 g/mol. The highest BCUT2D eigenvalue weighted by Crippen LogP contribution is 2.44. The molecule has 0 unspecified atom stereocenters. The number of phenols is 1. The van der Waals surface area contributed by atoms with E-state index in [9.17, 15) is 5.11 Å². The lowest BCUT2D eigenvalue weighted by atomic mass is 10.0. The molecule has 1 aliphatic heterocycles. The van der Waals surface area contributed by atoms with Gasteiger partial charge in [0.25, 0.3) is 0 Å². The molecule has 4 rings (SSSR count).